The van der Waals surface area contributed by atoms with Crippen LogP contribution >= 0.6 is 0 Å². The highest BCUT2D eigenvalue weighted by Crippen LogP contribution is 2.43. The number of anilines is 1. The molecule has 0 amide bonds. The normalized spacial score (nSPS) is 26.4. The van der Waals surface area contributed by atoms with Crippen LogP contribution in [0.15, 0.2) is 30.5 Å². The highest BCUT2D eigenvalue weighted by molar-refractivity contribution is 6.03. The van der Waals surface area contributed by atoms with Crippen molar-refractivity contribution in [1.29, 1.82) is 0 Å². The Morgan fingerprint density at radius 1 is 1.14 bits per heavy atom. The minimum absolute atomic E-state index is 0.0198. The third-order valence-electron chi connectivity index (χ3n) is 10.3. The summed E-state index contributed by atoms with van der Waals surface area (Å²) in [6.07, 6.45) is 13.8. The number of halogens is 2. The SMILES string of the molecule is C#Cc1c(F)ccc2cc(O)cc(-c3ncc4c(N5C[C@H]6CC[C@@H](C5)N6)nc(OC[C@@]56CCCN5[C@@H](C)CC6)nc4c3F)c12. The number of hydrogen-bond donors (Lipinski definition) is 2. The lowest BCUT2D eigenvalue weighted by Crippen LogP contribution is -2.51. The number of nitrogens with zero attached hydrogens (tertiary/aromatic N) is 5. The van der Waals surface area contributed by atoms with Crippen LogP contribution in [0, 0.1) is 24.0 Å². The smallest absolute Gasteiger partial charge is 0.319 e. The first-order valence-corrected chi connectivity index (χ1v) is 15.5. The third-order valence-corrected chi connectivity index (χ3v) is 10.3. The van der Waals surface area contributed by atoms with Crippen LogP contribution in [-0.2, 0) is 0 Å². The van der Waals surface area contributed by atoms with Gasteiger partial charge < -0.3 is 20.1 Å². The van der Waals surface area contributed by atoms with Gasteiger partial charge in [0.1, 0.15) is 35.2 Å². The lowest BCUT2D eigenvalue weighted by molar-refractivity contribution is 0.0889. The van der Waals surface area contributed by atoms with E-state index in [1.807, 2.05) is 0 Å². The summed E-state index contributed by atoms with van der Waals surface area (Å²) in [5, 5.41) is 15.4. The zero-order valence-electron chi connectivity index (χ0n) is 24.6. The molecule has 4 atom stereocenters. The van der Waals surface area contributed by atoms with Crippen molar-refractivity contribution in [1.82, 2.24) is 25.2 Å². The number of phenols is 1. The van der Waals surface area contributed by atoms with Gasteiger partial charge in [-0.1, -0.05) is 12.0 Å². The number of ether oxygens (including phenoxy) is 1. The van der Waals surface area contributed by atoms with Crippen LogP contribution in [0.2, 0.25) is 0 Å². The summed E-state index contributed by atoms with van der Waals surface area (Å²) in [6, 6.07) is 6.89. The molecule has 2 aromatic carbocycles. The van der Waals surface area contributed by atoms with Gasteiger partial charge in [-0.15, -0.1) is 6.42 Å². The second-order valence-corrected chi connectivity index (χ2v) is 12.9. The molecule has 0 spiro atoms. The molecular formula is C34H34F2N6O2. The lowest BCUT2D eigenvalue weighted by Gasteiger charge is -2.35. The second-order valence-electron chi connectivity index (χ2n) is 12.9. The molecule has 4 fully saturated rings. The van der Waals surface area contributed by atoms with E-state index >= 15 is 4.39 Å². The molecule has 8 rings (SSSR count). The van der Waals surface area contributed by atoms with Crippen LogP contribution in [0.5, 0.6) is 11.8 Å². The van der Waals surface area contributed by atoms with Crippen LogP contribution in [-0.4, -0.2) is 74.9 Å². The van der Waals surface area contributed by atoms with E-state index in [0.29, 0.717) is 46.7 Å². The number of terminal acetylenes is 1. The van der Waals surface area contributed by atoms with Gasteiger partial charge in [0.25, 0.3) is 0 Å². The number of rotatable bonds is 5. The van der Waals surface area contributed by atoms with Crippen LogP contribution in [0.25, 0.3) is 32.9 Å². The van der Waals surface area contributed by atoms with Crippen molar-refractivity contribution >= 4 is 27.5 Å². The van der Waals surface area contributed by atoms with E-state index in [2.05, 4.69) is 37.9 Å². The molecular weight excluding hydrogens is 562 g/mol. The van der Waals surface area contributed by atoms with E-state index in [4.69, 9.17) is 16.1 Å². The number of hydrogen-bond acceptors (Lipinski definition) is 8. The van der Waals surface area contributed by atoms with Crippen LogP contribution < -0.4 is 15.0 Å². The molecule has 0 radical (unpaired) electrons. The van der Waals surface area contributed by atoms with Gasteiger partial charge in [0.15, 0.2) is 5.82 Å². The maximum absolute atomic E-state index is 16.8. The summed E-state index contributed by atoms with van der Waals surface area (Å²) in [4.78, 5) is 18.8. The number of aromatic hydroxyl groups is 1. The number of piperazine rings is 1. The van der Waals surface area contributed by atoms with Gasteiger partial charge in [0.2, 0.25) is 0 Å². The van der Waals surface area contributed by atoms with E-state index < -0.39 is 11.6 Å². The van der Waals surface area contributed by atoms with Crippen molar-refractivity contribution in [2.45, 2.75) is 69.1 Å². The predicted molar refractivity (Wildman–Crippen MR) is 165 cm³/mol. The Labute approximate surface area is 254 Å². The fraction of sp³-hybridized carbons (Fsp3) is 0.441. The molecule has 226 valence electrons. The van der Waals surface area contributed by atoms with E-state index in [1.165, 1.54) is 24.3 Å². The zero-order valence-corrected chi connectivity index (χ0v) is 24.6. The molecule has 4 aromatic rings. The minimum atomic E-state index is -0.705. The number of benzene rings is 2. The Morgan fingerprint density at radius 3 is 2.75 bits per heavy atom. The van der Waals surface area contributed by atoms with Crippen molar-refractivity contribution in [3.63, 3.8) is 0 Å². The molecule has 6 heterocycles. The zero-order chi connectivity index (χ0) is 30.2. The van der Waals surface area contributed by atoms with Crippen LogP contribution in [0.4, 0.5) is 14.6 Å². The van der Waals surface area contributed by atoms with Crippen molar-refractivity contribution in [2.24, 2.45) is 0 Å². The van der Waals surface area contributed by atoms with Gasteiger partial charge >= 0.3 is 6.01 Å². The Kier molecular flexibility index (Phi) is 6.40. The van der Waals surface area contributed by atoms with E-state index in [1.54, 1.807) is 6.20 Å². The van der Waals surface area contributed by atoms with Crippen molar-refractivity contribution in [2.75, 3.05) is 31.1 Å². The second kappa shape index (κ2) is 10.2. The van der Waals surface area contributed by atoms with Gasteiger partial charge in [0, 0.05) is 48.4 Å². The van der Waals surface area contributed by atoms with Crippen LogP contribution in [0.3, 0.4) is 0 Å². The number of aromatic nitrogens is 3. The fourth-order valence-electron chi connectivity index (χ4n) is 8.21. The number of fused-ring (bicyclic) bond motifs is 5. The Bertz CT molecular complexity index is 1850. The molecule has 4 aliphatic rings. The van der Waals surface area contributed by atoms with Crippen molar-refractivity contribution < 1.29 is 18.6 Å². The molecule has 44 heavy (non-hydrogen) atoms. The molecule has 4 aliphatic heterocycles. The standard InChI is InChI=1S/C34H34F2N6O2/c1-3-24-27(35)8-5-20-13-23(43)14-25(28(20)24)30-29(36)31-26(15-37-30)32(41-16-21-6-7-22(17-41)38-21)40-33(39-31)44-18-34-10-4-12-42(34)19(2)9-11-34/h1,5,8,13-15,19,21-22,38,43H,4,6-7,9-12,16-18H2,2H3/t19-,21-,22+,34-/m0/s1. The first kappa shape index (κ1) is 27.5. The molecule has 4 saturated heterocycles. The van der Waals surface area contributed by atoms with Gasteiger partial charge in [-0.05, 0) is 75.6 Å². The first-order chi connectivity index (χ1) is 21.3. The maximum Gasteiger partial charge on any atom is 0.319 e. The quantitative estimate of drug-likeness (QED) is 0.306. The van der Waals surface area contributed by atoms with Gasteiger partial charge in [-0.2, -0.15) is 9.97 Å². The molecule has 2 bridgehead atoms. The minimum Gasteiger partial charge on any atom is -0.508 e. The predicted octanol–water partition coefficient (Wildman–Crippen LogP) is 5.15. The highest BCUT2D eigenvalue weighted by atomic mass is 19.1. The van der Waals surface area contributed by atoms with E-state index in [9.17, 15) is 9.50 Å². The van der Waals surface area contributed by atoms with Crippen molar-refractivity contribution in [3.8, 4) is 35.4 Å². The molecule has 2 N–H and O–H groups in total. The first-order valence-electron chi connectivity index (χ1n) is 15.5. The fourth-order valence-corrected chi connectivity index (χ4v) is 8.21. The number of phenolic OH excluding ortho intramolecular Hbond substituents is 1. The summed E-state index contributed by atoms with van der Waals surface area (Å²) >= 11 is 0. The highest BCUT2D eigenvalue weighted by Gasteiger charge is 2.48. The van der Waals surface area contributed by atoms with E-state index in [-0.39, 0.29) is 39.6 Å². The molecule has 0 unspecified atom stereocenters. The summed E-state index contributed by atoms with van der Waals surface area (Å²) in [7, 11) is 0. The maximum atomic E-state index is 16.8. The van der Waals surface area contributed by atoms with Crippen LogP contribution in [0.1, 0.15) is 51.0 Å². The number of nitrogens with one attached hydrogen (secondary N) is 1. The molecule has 8 nitrogen and oxygen atoms in total. The Hall–Kier alpha value is -4.07. The van der Waals surface area contributed by atoms with Gasteiger partial charge in [-0.3, -0.25) is 9.88 Å². The molecule has 2 aromatic heterocycles. The number of pyridine rings is 1. The molecule has 10 heteroatoms. The summed E-state index contributed by atoms with van der Waals surface area (Å²) in [6.45, 7) is 5.24. The molecule has 0 aliphatic carbocycles. The van der Waals surface area contributed by atoms with Gasteiger partial charge in [-0.25, -0.2) is 8.78 Å². The lowest BCUT2D eigenvalue weighted by atomic mass is 9.95. The van der Waals surface area contributed by atoms with Crippen molar-refractivity contribution in [3.05, 3.63) is 47.7 Å². The monoisotopic (exact) mass is 596 g/mol. The summed E-state index contributed by atoms with van der Waals surface area (Å²) in [5.41, 5.74) is 0.103. The topological polar surface area (TPSA) is 86.6 Å². The molecule has 0 saturated carbocycles. The average Bonchev–Trinajstić information content (AvgIpc) is 3.69. The Morgan fingerprint density at radius 2 is 1.95 bits per heavy atom. The summed E-state index contributed by atoms with van der Waals surface area (Å²) in [5.74, 6) is 1.56. The largest absolute Gasteiger partial charge is 0.508 e. The van der Waals surface area contributed by atoms with E-state index in [0.717, 1.165) is 58.2 Å². The average molecular weight is 597 g/mol. The summed E-state index contributed by atoms with van der Waals surface area (Å²) < 4.78 is 38.0. The third kappa shape index (κ3) is 4.28. The Balaban J connectivity index is 1.28. The van der Waals surface area contributed by atoms with Gasteiger partial charge in [0.05, 0.1) is 16.5 Å².